The third-order valence-corrected chi connectivity index (χ3v) is 6.36. The van der Waals surface area contributed by atoms with Crippen molar-refractivity contribution in [3.8, 4) is 11.5 Å². The van der Waals surface area contributed by atoms with E-state index in [4.69, 9.17) is 26.2 Å². The van der Waals surface area contributed by atoms with Crippen LogP contribution in [0.2, 0.25) is 5.02 Å². The lowest BCUT2D eigenvalue weighted by atomic mass is 10.1. The molecule has 178 valence electrons. The predicted molar refractivity (Wildman–Crippen MR) is 134 cm³/mol. The number of rotatable bonds is 10. The molecule has 1 aliphatic heterocycles. The molecular weight excluding hydrogens is 450 g/mol. The van der Waals surface area contributed by atoms with Crippen LogP contribution in [-0.4, -0.2) is 35.2 Å². The standard InChI is InChI=1S/C28H30ClNO4/c29-26-3-1-2-4-27(26)34-25-15-17-30(18-16-25)19-22-5-7-23(8-6-22)20-33-24-12-9-21(10-13-24)11-14-28(31)32/h1-10,12-13,25H,11,14-20H2,(H,31,32). The number of benzene rings is 3. The average molecular weight is 480 g/mol. The van der Waals surface area contributed by atoms with Crippen molar-refractivity contribution in [2.24, 2.45) is 0 Å². The van der Waals surface area contributed by atoms with Crippen LogP contribution in [0.4, 0.5) is 0 Å². The number of aliphatic carboxylic acids is 1. The number of nitrogens with zero attached hydrogens (tertiary/aromatic N) is 1. The number of likely N-dealkylation sites (tertiary alicyclic amines) is 1. The zero-order chi connectivity index (χ0) is 23.8. The van der Waals surface area contributed by atoms with Crippen molar-refractivity contribution in [2.45, 2.75) is 44.9 Å². The largest absolute Gasteiger partial charge is 0.489 e. The maximum Gasteiger partial charge on any atom is 0.303 e. The summed E-state index contributed by atoms with van der Waals surface area (Å²) in [4.78, 5) is 13.1. The zero-order valence-electron chi connectivity index (χ0n) is 19.2. The van der Waals surface area contributed by atoms with Crippen molar-refractivity contribution >= 4 is 17.6 Å². The number of carboxylic acid groups (broad SMARTS) is 1. The summed E-state index contributed by atoms with van der Waals surface area (Å²) in [5.74, 6) is 0.773. The molecule has 3 aromatic carbocycles. The molecule has 0 aliphatic carbocycles. The summed E-state index contributed by atoms with van der Waals surface area (Å²) in [5, 5.41) is 9.45. The molecule has 0 aromatic heterocycles. The van der Waals surface area contributed by atoms with E-state index in [0.717, 1.165) is 55.1 Å². The molecule has 0 unspecified atom stereocenters. The van der Waals surface area contributed by atoms with Crippen molar-refractivity contribution in [1.82, 2.24) is 4.90 Å². The molecule has 0 amide bonds. The Balaban J connectivity index is 1.19. The molecule has 4 rings (SSSR count). The van der Waals surface area contributed by atoms with E-state index in [-0.39, 0.29) is 12.5 Å². The molecular formula is C28H30ClNO4. The average Bonchev–Trinajstić information content (AvgIpc) is 2.85. The summed E-state index contributed by atoms with van der Waals surface area (Å²) < 4.78 is 12.0. The first-order chi connectivity index (χ1) is 16.5. The number of carboxylic acids is 1. The Hall–Kier alpha value is -3.02. The maximum atomic E-state index is 10.7. The third-order valence-electron chi connectivity index (χ3n) is 6.05. The van der Waals surface area contributed by atoms with Crippen molar-refractivity contribution in [1.29, 1.82) is 0 Å². The lowest BCUT2D eigenvalue weighted by Crippen LogP contribution is -2.37. The molecule has 1 heterocycles. The summed E-state index contributed by atoms with van der Waals surface area (Å²) in [6.45, 7) is 3.43. The Morgan fingerprint density at radius 3 is 2.24 bits per heavy atom. The topological polar surface area (TPSA) is 59.0 Å². The van der Waals surface area contributed by atoms with E-state index in [0.29, 0.717) is 18.1 Å². The first-order valence-electron chi connectivity index (χ1n) is 11.7. The molecule has 0 radical (unpaired) electrons. The lowest BCUT2D eigenvalue weighted by Gasteiger charge is -2.32. The summed E-state index contributed by atoms with van der Waals surface area (Å²) in [6, 6.07) is 23.8. The molecule has 0 atom stereocenters. The van der Waals surface area contributed by atoms with Crippen LogP contribution in [-0.2, 0) is 24.4 Å². The first kappa shape index (κ1) is 24.1. The Morgan fingerprint density at radius 2 is 1.56 bits per heavy atom. The van der Waals surface area contributed by atoms with Crippen LogP contribution in [0.1, 0.15) is 36.0 Å². The van der Waals surface area contributed by atoms with E-state index in [1.54, 1.807) is 0 Å². The van der Waals surface area contributed by atoms with Crippen molar-refractivity contribution < 1.29 is 19.4 Å². The highest BCUT2D eigenvalue weighted by Gasteiger charge is 2.21. The van der Waals surface area contributed by atoms with Crippen molar-refractivity contribution in [3.63, 3.8) is 0 Å². The summed E-state index contributed by atoms with van der Waals surface area (Å²) in [5.41, 5.74) is 3.40. The molecule has 5 nitrogen and oxygen atoms in total. The van der Waals surface area contributed by atoms with E-state index in [1.165, 1.54) is 5.56 Å². The van der Waals surface area contributed by atoms with Crippen LogP contribution < -0.4 is 9.47 Å². The molecule has 3 aromatic rings. The summed E-state index contributed by atoms with van der Waals surface area (Å²) in [6.07, 6.45) is 2.87. The second-order valence-corrected chi connectivity index (χ2v) is 9.07. The summed E-state index contributed by atoms with van der Waals surface area (Å²) >= 11 is 6.21. The van der Waals surface area contributed by atoms with Crippen LogP contribution in [0.3, 0.4) is 0 Å². The van der Waals surface area contributed by atoms with Gasteiger partial charge in [-0.1, -0.05) is 60.1 Å². The summed E-state index contributed by atoms with van der Waals surface area (Å²) in [7, 11) is 0. The highest BCUT2D eigenvalue weighted by atomic mass is 35.5. The zero-order valence-corrected chi connectivity index (χ0v) is 19.9. The van der Waals surface area contributed by atoms with Crippen LogP contribution in [0.15, 0.2) is 72.8 Å². The minimum absolute atomic E-state index is 0.140. The predicted octanol–water partition coefficient (Wildman–Crippen LogP) is 5.98. The van der Waals surface area contributed by atoms with Gasteiger partial charge in [-0.3, -0.25) is 9.69 Å². The number of hydrogen-bond donors (Lipinski definition) is 1. The fourth-order valence-corrected chi connectivity index (χ4v) is 4.25. The van der Waals surface area contributed by atoms with E-state index < -0.39 is 5.97 Å². The number of halogens is 1. The molecule has 1 fully saturated rings. The molecule has 6 heteroatoms. The van der Waals surface area contributed by atoms with Crippen LogP contribution >= 0.6 is 11.6 Å². The number of carbonyl (C=O) groups is 1. The van der Waals surface area contributed by atoms with Gasteiger partial charge in [0.2, 0.25) is 0 Å². The van der Waals surface area contributed by atoms with Crippen LogP contribution in [0, 0.1) is 0 Å². The van der Waals surface area contributed by atoms with Gasteiger partial charge in [-0.15, -0.1) is 0 Å². The maximum absolute atomic E-state index is 10.7. The van der Waals surface area contributed by atoms with E-state index in [9.17, 15) is 4.79 Å². The monoisotopic (exact) mass is 479 g/mol. The molecule has 34 heavy (non-hydrogen) atoms. The minimum atomic E-state index is -0.782. The normalized spacial score (nSPS) is 14.6. The second-order valence-electron chi connectivity index (χ2n) is 8.67. The Kier molecular flexibility index (Phi) is 8.45. The lowest BCUT2D eigenvalue weighted by molar-refractivity contribution is -0.136. The van der Waals surface area contributed by atoms with Crippen molar-refractivity contribution in [3.05, 3.63) is 94.5 Å². The Morgan fingerprint density at radius 1 is 0.912 bits per heavy atom. The fourth-order valence-electron chi connectivity index (χ4n) is 4.07. The Labute approximate surface area is 205 Å². The molecule has 1 N–H and O–H groups in total. The quantitative estimate of drug-likeness (QED) is 0.387. The smallest absolute Gasteiger partial charge is 0.303 e. The molecule has 0 bridgehead atoms. The highest BCUT2D eigenvalue weighted by Crippen LogP contribution is 2.27. The van der Waals surface area contributed by atoms with Crippen LogP contribution in [0.5, 0.6) is 11.5 Å². The number of aryl methyl sites for hydroxylation is 1. The molecule has 0 spiro atoms. The number of piperidine rings is 1. The first-order valence-corrected chi connectivity index (χ1v) is 12.1. The molecule has 0 saturated carbocycles. The van der Waals surface area contributed by atoms with Crippen molar-refractivity contribution in [2.75, 3.05) is 13.1 Å². The van der Waals surface area contributed by atoms with E-state index in [1.807, 2.05) is 48.5 Å². The highest BCUT2D eigenvalue weighted by molar-refractivity contribution is 6.32. The Bertz CT molecular complexity index is 1060. The number of hydrogen-bond acceptors (Lipinski definition) is 4. The van der Waals surface area contributed by atoms with Gasteiger partial charge in [0, 0.05) is 26.1 Å². The van der Waals surface area contributed by atoms with Gasteiger partial charge in [0.15, 0.2) is 0 Å². The van der Waals surface area contributed by atoms with Gasteiger partial charge in [-0.2, -0.15) is 0 Å². The number of para-hydroxylation sites is 1. The van der Waals surface area contributed by atoms with Gasteiger partial charge < -0.3 is 14.6 Å². The molecule has 1 saturated heterocycles. The van der Waals surface area contributed by atoms with Gasteiger partial charge >= 0.3 is 5.97 Å². The fraction of sp³-hybridized carbons (Fsp3) is 0.321. The van der Waals surface area contributed by atoms with Gasteiger partial charge in [-0.25, -0.2) is 0 Å². The van der Waals surface area contributed by atoms with E-state index >= 15 is 0 Å². The number of ether oxygens (including phenoxy) is 2. The van der Waals surface area contributed by atoms with Gasteiger partial charge in [0.25, 0.3) is 0 Å². The van der Waals surface area contributed by atoms with Gasteiger partial charge in [0.1, 0.15) is 24.2 Å². The second kappa shape index (κ2) is 11.9. The van der Waals surface area contributed by atoms with Crippen LogP contribution in [0.25, 0.3) is 0 Å². The minimum Gasteiger partial charge on any atom is -0.489 e. The van der Waals surface area contributed by atoms with Gasteiger partial charge in [0.05, 0.1) is 5.02 Å². The third kappa shape index (κ3) is 7.24. The van der Waals surface area contributed by atoms with E-state index in [2.05, 4.69) is 29.2 Å². The molecule has 1 aliphatic rings. The SMILES string of the molecule is O=C(O)CCc1ccc(OCc2ccc(CN3CCC(Oc4ccccc4Cl)CC3)cc2)cc1. The van der Waals surface area contributed by atoms with Gasteiger partial charge in [-0.05, 0) is 60.2 Å².